The van der Waals surface area contributed by atoms with Crippen LogP contribution in [0.15, 0.2) is 0 Å². The highest BCUT2D eigenvalue weighted by Crippen LogP contribution is 2.03. The fourth-order valence-corrected chi connectivity index (χ4v) is 0.784. The van der Waals surface area contributed by atoms with E-state index in [0.29, 0.717) is 6.42 Å². The smallest absolute Gasteiger partial charge is 0.238 e. The third-order valence-corrected chi connectivity index (χ3v) is 1.30. The van der Waals surface area contributed by atoms with Crippen molar-refractivity contribution in [3.05, 3.63) is 0 Å². The summed E-state index contributed by atoms with van der Waals surface area (Å²) in [6.45, 7) is 0. The van der Waals surface area contributed by atoms with Gasteiger partial charge in [-0.15, -0.1) is 0 Å². The number of nitrogens with one attached hydrogen (secondary N) is 1. The molecule has 3 N–H and O–H groups in total. The van der Waals surface area contributed by atoms with Gasteiger partial charge in [0.15, 0.2) is 0 Å². The molecule has 1 aliphatic rings. The Morgan fingerprint density at radius 1 is 1.89 bits per heavy atom. The van der Waals surface area contributed by atoms with Crippen LogP contribution >= 0.6 is 0 Å². The number of hydrogen-bond acceptors (Lipinski definition) is 3. The van der Waals surface area contributed by atoms with Crippen LogP contribution in [0.1, 0.15) is 6.42 Å². The minimum atomic E-state index is -0.477. The predicted molar refractivity (Wildman–Crippen MR) is 30.1 cm³/mol. The predicted octanol–water partition coefficient (Wildman–Crippen LogP) is -1.27. The van der Waals surface area contributed by atoms with E-state index in [9.17, 15) is 4.79 Å². The number of nitrogens with zero attached hydrogens (tertiary/aromatic N) is 1. The molecule has 1 amide bonds. The standard InChI is InChI=1S/C5H7N3O/c6-2-3-1-4(7)5(9)8-3/h3-4H,1,7H2,(H,8,9)/t3-,4+/m0/s1. The van der Waals surface area contributed by atoms with Gasteiger partial charge in [0.2, 0.25) is 5.91 Å². The molecule has 0 radical (unpaired) electrons. The van der Waals surface area contributed by atoms with Crippen molar-refractivity contribution in [1.82, 2.24) is 5.32 Å². The summed E-state index contributed by atoms with van der Waals surface area (Å²) in [6.07, 6.45) is 0.440. The van der Waals surface area contributed by atoms with E-state index in [2.05, 4.69) is 5.32 Å². The third kappa shape index (κ3) is 1.00. The first-order valence-electron chi connectivity index (χ1n) is 2.69. The van der Waals surface area contributed by atoms with Gasteiger partial charge < -0.3 is 11.1 Å². The average molecular weight is 125 g/mol. The maximum Gasteiger partial charge on any atom is 0.238 e. The van der Waals surface area contributed by atoms with Crippen molar-refractivity contribution < 1.29 is 4.79 Å². The van der Waals surface area contributed by atoms with Crippen LogP contribution in [0.3, 0.4) is 0 Å². The molecule has 0 spiro atoms. The van der Waals surface area contributed by atoms with Gasteiger partial charge >= 0.3 is 0 Å². The minimum absolute atomic E-state index is 0.221. The summed E-state index contributed by atoms with van der Waals surface area (Å²) < 4.78 is 0. The summed E-state index contributed by atoms with van der Waals surface area (Å²) in [4.78, 5) is 10.6. The molecule has 2 atom stereocenters. The van der Waals surface area contributed by atoms with E-state index in [0.717, 1.165) is 0 Å². The number of carbonyl (C=O) groups excluding carboxylic acids is 1. The molecular weight excluding hydrogens is 118 g/mol. The second kappa shape index (κ2) is 2.03. The Kier molecular flexibility index (Phi) is 1.37. The average Bonchev–Trinajstić information content (AvgIpc) is 2.13. The first kappa shape index (κ1) is 6.05. The summed E-state index contributed by atoms with van der Waals surface area (Å²) >= 11 is 0. The van der Waals surface area contributed by atoms with Crippen LogP contribution in [0.25, 0.3) is 0 Å². The van der Waals surface area contributed by atoms with E-state index in [4.69, 9.17) is 11.0 Å². The minimum Gasteiger partial charge on any atom is -0.339 e. The first-order chi connectivity index (χ1) is 4.24. The zero-order chi connectivity index (χ0) is 6.85. The largest absolute Gasteiger partial charge is 0.339 e. The number of carbonyl (C=O) groups is 1. The van der Waals surface area contributed by atoms with Gasteiger partial charge in [0.05, 0.1) is 12.1 Å². The third-order valence-electron chi connectivity index (χ3n) is 1.30. The van der Waals surface area contributed by atoms with Crippen LogP contribution in [0.4, 0.5) is 0 Å². The molecule has 0 aliphatic carbocycles. The molecule has 0 aromatic carbocycles. The summed E-state index contributed by atoms with van der Waals surface area (Å²) in [5.41, 5.74) is 5.28. The molecule has 1 rings (SSSR count). The lowest BCUT2D eigenvalue weighted by Crippen LogP contribution is -2.31. The molecule has 1 heterocycles. The highest BCUT2D eigenvalue weighted by Gasteiger charge is 2.28. The quantitative estimate of drug-likeness (QED) is 0.423. The lowest BCUT2D eigenvalue weighted by molar-refractivity contribution is -0.120. The Morgan fingerprint density at radius 3 is 2.78 bits per heavy atom. The molecule has 0 bridgehead atoms. The molecule has 9 heavy (non-hydrogen) atoms. The zero-order valence-electron chi connectivity index (χ0n) is 4.79. The topological polar surface area (TPSA) is 78.9 Å². The summed E-state index contributed by atoms with van der Waals surface area (Å²) in [5, 5.41) is 10.7. The van der Waals surface area contributed by atoms with Crippen molar-refractivity contribution in [3.8, 4) is 6.07 Å². The fourth-order valence-electron chi connectivity index (χ4n) is 0.784. The van der Waals surface area contributed by atoms with Crippen LogP contribution < -0.4 is 11.1 Å². The van der Waals surface area contributed by atoms with E-state index in [1.165, 1.54) is 0 Å². The molecular formula is C5H7N3O. The Labute approximate surface area is 52.6 Å². The Hall–Kier alpha value is -1.08. The molecule has 1 fully saturated rings. The van der Waals surface area contributed by atoms with Crippen molar-refractivity contribution in [2.45, 2.75) is 18.5 Å². The SMILES string of the molecule is N#C[C@@H]1C[C@@H](N)C(=O)N1. The van der Waals surface area contributed by atoms with Gasteiger partial charge in [-0.1, -0.05) is 0 Å². The van der Waals surface area contributed by atoms with Gasteiger partial charge in [-0.25, -0.2) is 0 Å². The Morgan fingerprint density at radius 2 is 2.56 bits per heavy atom. The van der Waals surface area contributed by atoms with E-state index >= 15 is 0 Å². The normalized spacial score (nSPS) is 33.6. The van der Waals surface area contributed by atoms with Gasteiger partial charge in [0, 0.05) is 6.42 Å². The first-order valence-corrected chi connectivity index (χ1v) is 2.69. The highest BCUT2D eigenvalue weighted by molar-refractivity contribution is 5.84. The van der Waals surface area contributed by atoms with Gasteiger partial charge in [-0.3, -0.25) is 4.79 Å². The van der Waals surface area contributed by atoms with Crippen molar-refractivity contribution in [2.24, 2.45) is 5.73 Å². The van der Waals surface area contributed by atoms with E-state index < -0.39 is 6.04 Å². The number of hydrogen-bond donors (Lipinski definition) is 2. The number of amides is 1. The number of nitrogens with two attached hydrogens (primary N) is 1. The lowest BCUT2D eigenvalue weighted by Gasteiger charge is -1.92. The summed E-state index contributed by atoms with van der Waals surface area (Å²) in [5.74, 6) is -0.221. The van der Waals surface area contributed by atoms with Crippen LogP contribution in [0, 0.1) is 11.3 Å². The zero-order valence-corrected chi connectivity index (χ0v) is 4.79. The van der Waals surface area contributed by atoms with E-state index in [1.807, 2.05) is 6.07 Å². The highest BCUT2D eigenvalue weighted by atomic mass is 16.2. The maximum absolute atomic E-state index is 10.6. The van der Waals surface area contributed by atoms with Crippen LogP contribution in [0.5, 0.6) is 0 Å². The van der Waals surface area contributed by atoms with E-state index in [1.54, 1.807) is 0 Å². The molecule has 1 saturated heterocycles. The molecule has 0 saturated carbocycles. The van der Waals surface area contributed by atoms with E-state index in [-0.39, 0.29) is 11.9 Å². The fraction of sp³-hybridized carbons (Fsp3) is 0.600. The summed E-state index contributed by atoms with van der Waals surface area (Å²) in [6, 6.07) is 1.07. The second-order valence-corrected chi connectivity index (χ2v) is 2.03. The van der Waals surface area contributed by atoms with Gasteiger partial charge in [0.1, 0.15) is 6.04 Å². The van der Waals surface area contributed by atoms with Gasteiger partial charge in [0.25, 0.3) is 0 Å². The molecule has 4 heteroatoms. The van der Waals surface area contributed by atoms with Crippen molar-refractivity contribution >= 4 is 5.91 Å². The molecule has 0 aromatic heterocycles. The van der Waals surface area contributed by atoms with Crippen LogP contribution in [-0.2, 0) is 4.79 Å². The second-order valence-electron chi connectivity index (χ2n) is 2.03. The number of rotatable bonds is 0. The lowest BCUT2D eigenvalue weighted by atomic mass is 10.2. The molecule has 48 valence electrons. The van der Waals surface area contributed by atoms with Gasteiger partial charge in [-0.2, -0.15) is 5.26 Å². The van der Waals surface area contributed by atoms with Crippen molar-refractivity contribution in [3.63, 3.8) is 0 Å². The molecule has 0 unspecified atom stereocenters. The van der Waals surface area contributed by atoms with Crippen LogP contribution in [-0.4, -0.2) is 18.0 Å². The maximum atomic E-state index is 10.6. The monoisotopic (exact) mass is 125 g/mol. The molecule has 4 nitrogen and oxygen atoms in total. The van der Waals surface area contributed by atoms with Crippen LogP contribution in [0.2, 0.25) is 0 Å². The Bertz CT molecular complexity index is 172. The molecule has 0 aromatic rings. The number of nitriles is 1. The summed E-state index contributed by atoms with van der Waals surface area (Å²) in [7, 11) is 0. The molecule has 1 aliphatic heterocycles. The van der Waals surface area contributed by atoms with Crippen molar-refractivity contribution in [1.29, 1.82) is 5.26 Å². The van der Waals surface area contributed by atoms with Gasteiger partial charge in [-0.05, 0) is 0 Å². The van der Waals surface area contributed by atoms with Crippen molar-refractivity contribution in [2.75, 3.05) is 0 Å². The Balaban J connectivity index is 2.57.